The number of carbonyl (C=O) groups excluding carboxylic acids is 1. The first-order valence-corrected chi connectivity index (χ1v) is 4.16. The van der Waals surface area contributed by atoms with Crippen LogP contribution in [0, 0.1) is 0 Å². The Morgan fingerprint density at radius 1 is 1.62 bits per heavy atom. The van der Waals surface area contributed by atoms with Crippen molar-refractivity contribution in [2.75, 3.05) is 20.6 Å². The van der Waals surface area contributed by atoms with Gasteiger partial charge >= 0.3 is 0 Å². The Morgan fingerprint density at radius 3 is 3.00 bits per heavy atom. The number of aromatic nitrogens is 2. The number of carbonyl (C=O) groups is 1. The molecule has 1 heterocycles. The van der Waals surface area contributed by atoms with Crippen LogP contribution in [0.1, 0.15) is 10.5 Å². The Bertz CT molecular complexity index is 281. The summed E-state index contributed by atoms with van der Waals surface area (Å²) < 4.78 is 1.88. The van der Waals surface area contributed by atoms with Gasteiger partial charge in [-0.2, -0.15) is 0 Å². The van der Waals surface area contributed by atoms with Crippen LogP contribution < -0.4 is 10.6 Å². The summed E-state index contributed by atoms with van der Waals surface area (Å²) in [4.78, 5) is 15.1. The fraction of sp³-hybridized carbons (Fsp3) is 0.500. The molecule has 0 atom stereocenters. The summed E-state index contributed by atoms with van der Waals surface area (Å²) in [5, 5.41) is 5.54. The zero-order valence-electron chi connectivity index (χ0n) is 7.87. The highest BCUT2D eigenvalue weighted by atomic mass is 16.1. The van der Waals surface area contributed by atoms with Gasteiger partial charge in [0, 0.05) is 26.3 Å². The Morgan fingerprint density at radius 2 is 2.38 bits per heavy atom. The van der Waals surface area contributed by atoms with Crippen molar-refractivity contribution in [1.82, 2.24) is 20.2 Å². The average molecular weight is 182 g/mol. The van der Waals surface area contributed by atoms with E-state index in [1.165, 1.54) is 0 Å². The number of likely N-dealkylation sites (N-methyl/N-ethyl adjacent to an activating group) is 1. The quantitative estimate of drug-likeness (QED) is 0.657. The number of hydrogen-bond acceptors (Lipinski definition) is 3. The number of rotatable bonds is 4. The monoisotopic (exact) mass is 182 g/mol. The Balaban J connectivity index is 2.58. The van der Waals surface area contributed by atoms with Crippen LogP contribution >= 0.6 is 0 Å². The van der Waals surface area contributed by atoms with Crippen molar-refractivity contribution in [2.24, 2.45) is 0 Å². The minimum absolute atomic E-state index is 0.150. The van der Waals surface area contributed by atoms with Crippen molar-refractivity contribution in [3.8, 4) is 0 Å². The second-order valence-electron chi connectivity index (χ2n) is 2.68. The Kier molecular flexibility index (Phi) is 3.45. The summed E-state index contributed by atoms with van der Waals surface area (Å²) >= 11 is 0. The summed E-state index contributed by atoms with van der Waals surface area (Å²) in [5.74, 6) is -0.150. The van der Waals surface area contributed by atoms with Gasteiger partial charge in [-0.1, -0.05) is 0 Å². The molecule has 0 radical (unpaired) electrons. The predicted molar refractivity (Wildman–Crippen MR) is 49.5 cm³/mol. The second kappa shape index (κ2) is 4.61. The van der Waals surface area contributed by atoms with Crippen molar-refractivity contribution < 1.29 is 4.79 Å². The number of imidazole rings is 1. The van der Waals surface area contributed by atoms with Gasteiger partial charge in [0.05, 0.1) is 6.33 Å². The van der Waals surface area contributed by atoms with E-state index < -0.39 is 0 Å². The molecule has 0 fully saturated rings. The van der Waals surface area contributed by atoms with E-state index in [4.69, 9.17) is 0 Å². The molecule has 0 aliphatic carbocycles. The third kappa shape index (κ3) is 2.55. The topological polar surface area (TPSA) is 59.0 Å². The largest absolute Gasteiger partial charge is 0.354 e. The van der Waals surface area contributed by atoms with Crippen molar-refractivity contribution in [3.05, 3.63) is 18.2 Å². The van der Waals surface area contributed by atoms with E-state index >= 15 is 0 Å². The summed E-state index contributed by atoms with van der Waals surface area (Å²) in [7, 11) is 3.48. The molecule has 0 aliphatic heterocycles. The molecule has 2 N–H and O–H groups in total. The molecular formula is C8H14N4O. The zero-order chi connectivity index (χ0) is 9.68. The molecule has 0 saturated heterocycles. The molecule has 0 aromatic carbocycles. The SMILES string of the molecule is CNCCn1cnc(C(=O)NC)c1. The van der Waals surface area contributed by atoms with E-state index in [9.17, 15) is 4.79 Å². The normalized spacial score (nSPS) is 10.0. The van der Waals surface area contributed by atoms with Crippen LogP contribution in [0.15, 0.2) is 12.5 Å². The summed E-state index contributed by atoms with van der Waals surface area (Å²) in [6.07, 6.45) is 3.39. The van der Waals surface area contributed by atoms with Gasteiger partial charge < -0.3 is 15.2 Å². The van der Waals surface area contributed by atoms with Gasteiger partial charge in [0.25, 0.3) is 5.91 Å². The highest BCUT2D eigenvalue weighted by Crippen LogP contribution is 1.94. The van der Waals surface area contributed by atoms with Crippen LogP contribution in [0.5, 0.6) is 0 Å². The Hall–Kier alpha value is -1.36. The molecule has 1 aromatic rings. The molecule has 13 heavy (non-hydrogen) atoms. The van der Waals surface area contributed by atoms with Crippen molar-refractivity contribution in [2.45, 2.75) is 6.54 Å². The van der Waals surface area contributed by atoms with Crippen molar-refractivity contribution in [1.29, 1.82) is 0 Å². The standard InChI is InChI=1S/C8H14N4O/c1-9-3-4-12-5-7(11-6-12)8(13)10-2/h5-6,9H,3-4H2,1-2H3,(H,10,13). The minimum Gasteiger partial charge on any atom is -0.354 e. The molecular weight excluding hydrogens is 168 g/mol. The molecule has 1 rings (SSSR count). The van der Waals surface area contributed by atoms with Gasteiger partial charge in [0.2, 0.25) is 0 Å². The average Bonchev–Trinajstić information content (AvgIpc) is 2.62. The molecule has 5 nitrogen and oxygen atoms in total. The maximum atomic E-state index is 11.1. The molecule has 0 unspecified atom stereocenters. The van der Waals surface area contributed by atoms with Crippen LogP contribution in [-0.4, -0.2) is 36.1 Å². The van der Waals surface area contributed by atoms with Gasteiger partial charge in [0.15, 0.2) is 0 Å². The van der Waals surface area contributed by atoms with Gasteiger partial charge in [-0.3, -0.25) is 4.79 Å². The van der Waals surface area contributed by atoms with E-state index in [0.29, 0.717) is 5.69 Å². The smallest absolute Gasteiger partial charge is 0.271 e. The van der Waals surface area contributed by atoms with Gasteiger partial charge in [-0.25, -0.2) is 4.98 Å². The fourth-order valence-corrected chi connectivity index (χ4v) is 0.969. The van der Waals surface area contributed by atoms with Crippen LogP contribution in [0.25, 0.3) is 0 Å². The van der Waals surface area contributed by atoms with Crippen LogP contribution in [0.4, 0.5) is 0 Å². The first kappa shape index (κ1) is 9.73. The van der Waals surface area contributed by atoms with Gasteiger partial charge in [0.1, 0.15) is 5.69 Å². The van der Waals surface area contributed by atoms with Gasteiger partial charge in [-0.15, -0.1) is 0 Å². The molecule has 72 valence electrons. The lowest BCUT2D eigenvalue weighted by molar-refractivity contribution is 0.0958. The minimum atomic E-state index is -0.150. The number of nitrogens with one attached hydrogen (secondary N) is 2. The molecule has 0 aliphatic rings. The lowest BCUT2D eigenvalue weighted by Crippen LogP contribution is -2.18. The van der Waals surface area contributed by atoms with E-state index in [1.54, 1.807) is 19.6 Å². The Labute approximate surface area is 77.2 Å². The van der Waals surface area contributed by atoms with Crippen LogP contribution in [0.3, 0.4) is 0 Å². The first-order chi connectivity index (χ1) is 6.27. The van der Waals surface area contributed by atoms with E-state index in [-0.39, 0.29) is 5.91 Å². The predicted octanol–water partition coefficient (Wildman–Crippen LogP) is -0.538. The highest BCUT2D eigenvalue weighted by molar-refractivity contribution is 5.91. The van der Waals surface area contributed by atoms with E-state index in [0.717, 1.165) is 13.1 Å². The zero-order valence-corrected chi connectivity index (χ0v) is 7.87. The van der Waals surface area contributed by atoms with E-state index in [1.807, 2.05) is 11.6 Å². The van der Waals surface area contributed by atoms with Crippen LogP contribution in [0.2, 0.25) is 0 Å². The number of nitrogens with zero attached hydrogens (tertiary/aromatic N) is 2. The van der Waals surface area contributed by atoms with E-state index in [2.05, 4.69) is 15.6 Å². The fourth-order valence-electron chi connectivity index (χ4n) is 0.969. The van der Waals surface area contributed by atoms with Crippen molar-refractivity contribution in [3.63, 3.8) is 0 Å². The first-order valence-electron chi connectivity index (χ1n) is 4.16. The number of hydrogen-bond donors (Lipinski definition) is 2. The lowest BCUT2D eigenvalue weighted by atomic mass is 10.4. The molecule has 1 amide bonds. The highest BCUT2D eigenvalue weighted by Gasteiger charge is 2.05. The third-order valence-corrected chi connectivity index (χ3v) is 1.71. The summed E-state index contributed by atoms with van der Waals surface area (Å²) in [5.41, 5.74) is 0.457. The third-order valence-electron chi connectivity index (χ3n) is 1.71. The number of amides is 1. The maximum absolute atomic E-state index is 11.1. The molecule has 0 spiro atoms. The van der Waals surface area contributed by atoms with Crippen molar-refractivity contribution >= 4 is 5.91 Å². The molecule has 0 bridgehead atoms. The molecule has 1 aromatic heterocycles. The summed E-state index contributed by atoms with van der Waals surface area (Å²) in [6.45, 7) is 1.68. The molecule has 0 saturated carbocycles. The summed E-state index contributed by atoms with van der Waals surface area (Å²) in [6, 6.07) is 0. The maximum Gasteiger partial charge on any atom is 0.271 e. The molecule has 5 heteroatoms. The van der Waals surface area contributed by atoms with Gasteiger partial charge in [-0.05, 0) is 7.05 Å². The van der Waals surface area contributed by atoms with Crippen LogP contribution in [-0.2, 0) is 6.54 Å². The lowest BCUT2D eigenvalue weighted by Gasteiger charge is -1.98. The second-order valence-corrected chi connectivity index (χ2v) is 2.68.